The first-order valence-corrected chi connectivity index (χ1v) is 5.38. The minimum atomic E-state index is -0.568. The fraction of sp³-hybridized carbons (Fsp3) is 0.364. The first kappa shape index (κ1) is 12.8. The van der Waals surface area contributed by atoms with E-state index in [0.717, 1.165) is 0 Å². The molecule has 1 aromatic rings. The molecule has 0 fully saturated rings. The van der Waals surface area contributed by atoms with E-state index in [0.29, 0.717) is 21.3 Å². The van der Waals surface area contributed by atoms with Crippen LogP contribution in [0, 0.1) is 13.8 Å². The van der Waals surface area contributed by atoms with Gasteiger partial charge in [0.1, 0.15) is 17.1 Å². The lowest BCUT2D eigenvalue weighted by Gasteiger charge is -2.15. The van der Waals surface area contributed by atoms with Gasteiger partial charge in [0.05, 0.1) is 18.7 Å². The summed E-state index contributed by atoms with van der Waals surface area (Å²) in [7, 11) is 2.78. The van der Waals surface area contributed by atoms with Crippen molar-refractivity contribution in [3.8, 4) is 11.5 Å². The number of benzene rings is 1. The molecule has 0 amide bonds. The summed E-state index contributed by atoms with van der Waals surface area (Å²) in [5.74, 6) is -0.159. The third-order valence-electron chi connectivity index (χ3n) is 2.43. The fourth-order valence-corrected chi connectivity index (χ4v) is 2.17. The Labute approximate surface area is 102 Å². The van der Waals surface area contributed by atoms with E-state index in [1.165, 1.54) is 14.2 Å². The molecule has 0 aromatic heterocycles. The van der Waals surface area contributed by atoms with Crippen LogP contribution < -0.4 is 4.74 Å². The largest absolute Gasteiger partial charge is 0.507 e. The highest BCUT2D eigenvalue weighted by Crippen LogP contribution is 2.40. The number of rotatable bonds is 2. The van der Waals surface area contributed by atoms with Gasteiger partial charge in [-0.05, 0) is 35.3 Å². The number of carbonyl (C=O) groups excluding carboxylic acids is 1. The first-order valence-electron chi connectivity index (χ1n) is 4.59. The van der Waals surface area contributed by atoms with Crippen LogP contribution in [0.3, 0.4) is 0 Å². The van der Waals surface area contributed by atoms with Gasteiger partial charge in [0.15, 0.2) is 0 Å². The van der Waals surface area contributed by atoms with E-state index >= 15 is 0 Å². The Morgan fingerprint density at radius 1 is 1.25 bits per heavy atom. The Kier molecular flexibility index (Phi) is 3.80. The van der Waals surface area contributed by atoms with Crippen molar-refractivity contribution >= 4 is 21.9 Å². The molecule has 0 aliphatic carbocycles. The van der Waals surface area contributed by atoms with E-state index in [9.17, 15) is 9.90 Å². The average Bonchev–Trinajstić information content (AvgIpc) is 2.27. The molecule has 0 radical (unpaired) electrons. The maximum Gasteiger partial charge on any atom is 0.341 e. The summed E-state index contributed by atoms with van der Waals surface area (Å²) in [6.07, 6.45) is 0. The molecule has 1 N–H and O–H groups in total. The molecule has 0 unspecified atom stereocenters. The zero-order valence-corrected chi connectivity index (χ0v) is 11.1. The topological polar surface area (TPSA) is 55.8 Å². The molecule has 0 aliphatic rings. The van der Waals surface area contributed by atoms with Crippen LogP contribution >= 0.6 is 15.9 Å². The lowest BCUT2D eigenvalue weighted by molar-refractivity contribution is 0.0596. The number of carbonyl (C=O) groups is 1. The number of phenols is 1. The molecule has 0 spiro atoms. The normalized spacial score (nSPS) is 10.1. The van der Waals surface area contributed by atoms with Gasteiger partial charge in [-0.15, -0.1) is 0 Å². The van der Waals surface area contributed by atoms with Gasteiger partial charge in [0.25, 0.3) is 0 Å². The molecule has 4 nitrogen and oxygen atoms in total. The minimum Gasteiger partial charge on any atom is -0.507 e. The van der Waals surface area contributed by atoms with Crippen LogP contribution in [0.2, 0.25) is 0 Å². The summed E-state index contributed by atoms with van der Waals surface area (Å²) in [6.45, 7) is 3.38. The highest BCUT2D eigenvalue weighted by Gasteiger charge is 2.23. The third kappa shape index (κ3) is 1.87. The van der Waals surface area contributed by atoms with E-state index < -0.39 is 5.97 Å². The third-order valence-corrected chi connectivity index (χ3v) is 3.38. The number of hydrogen-bond donors (Lipinski definition) is 1. The van der Waals surface area contributed by atoms with Gasteiger partial charge < -0.3 is 14.6 Å². The molecule has 0 aliphatic heterocycles. The van der Waals surface area contributed by atoms with E-state index in [1.54, 1.807) is 13.8 Å². The Balaban J connectivity index is 3.60. The molecule has 1 rings (SSSR count). The molecule has 0 heterocycles. The van der Waals surface area contributed by atoms with Gasteiger partial charge in [-0.1, -0.05) is 0 Å². The highest BCUT2D eigenvalue weighted by atomic mass is 79.9. The Hall–Kier alpha value is -1.23. The van der Waals surface area contributed by atoms with Crippen molar-refractivity contribution in [2.24, 2.45) is 0 Å². The minimum absolute atomic E-state index is 0.107. The van der Waals surface area contributed by atoms with Gasteiger partial charge >= 0.3 is 5.97 Å². The molecule has 5 heteroatoms. The summed E-state index contributed by atoms with van der Waals surface area (Å²) in [5.41, 5.74) is 1.25. The molecule has 0 saturated heterocycles. The summed E-state index contributed by atoms with van der Waals surface area (Å²) in [4.78, 5) is 11.5. The molecule has 0 saturated carbocycles. The maximum atomic E-state index is 11.5. The smallest absolute Gasteiger partial charge is 0.341 e. The molecule has 0 atom stereocenters. The van der Waals surface area contributed by atoms with Crippen molar-refractivity contribution in [1.29, 1.82) is 0 Å². The van der Waals surface area contributed by atoms with Crippen molar-refractivity contribution in [2.45, 2.75) is 13.8 Å². The van der Waals surface area contributed by atoms with Crippen LogP contribution in [-0.4, -0.2) is 25.3 Å². The lowest BCUT2D eigenvalue weighted by Crippen LogP contribution is -2.07. The van der Waals surface area contributed by atoms with Gasteiger partial charge in [-0.3, -0.25) is 0 Å². The molecular weight excluding hydrogens is 276 g/mol. The second kappa shape index (κ2) is 4.74. The van der Waals surface area contributed by atoms with E-state index in [-0.39, 0.29) is 11.3 Å². The Morgan fingerprint density at radius 3 is 2.25 bits per heavy atom. The maximum absolute atomic E-state index is 11.5. The second-order valence-electron chi connectivity index (χ2n) is 3.31. The highest BCUT2D eigenvalue weighted by molar-refractivity contribution is 9.10. The number of esters is 1. The SMILES string of the molecule is COC(=O)c1c(C)c(Br)c(OC)c(C)c1O. The number of hydrogen-bond acceptors (Lipinski definition) is 4. The van der Waals surface area contributed by atoms with Crippen LogP contribution in [0.15, 0.2) is 4.47 Å². The molecule has 0 bridgehead atoms. The lowest BCUT2D eigenvalue weighted by atomic mass is 10.0. The van der Waals surface area contributed by atoms with Gasteiger partial charge in [-0.25, -0.2) is 4.79 Å². The second-order valence-corrected chi connectivity index (χ2v) is 4.11. The summed E-state index contributed by atoms with van der Waals surface area (Å²) in [6, 6.07) is 0. The van der Waals surface area contributed by atoms with Crippen LogP contribution in [-0.2, 0) is 4.74 Å². The molecule has 1 aromatic carbocycles. The molecular formula is C11H13BrO4. The van der Waals surface area contributed by atoms with Crippen molar-refractivity contribution < 1.29 is 19.4 Å². The standard InChI is InChI=1S/C11H13BrO4/c1-5-7(11(14)16-4)9(13)6(2)10(15-3)8(5)12/h13H,1-4H3. The van der Waals surface area contributed by atoms with E-state index in [4.69, 9.17) is 4.74 Å². The van der Waals surface area contributed by atoms with Gasteiger partial charge in [-0.2, -0.15) is 0 Å². The van der Waals surface area contributed by atoms with E-state index in [2.05, 4.69) is 20.7 Å². The molecule has 88 valence electrons. The summed E-state index contributed by atoms with van der Waals surface area (Å²) >= 11 is 3.33. The number of methoxy groups -OCH3 is 2. The van der Waals surface area contributed by atoms with Crippen LogP contribution in [0.5, 0.6) is 11.5 Å². The van der Waals surface area contributed by atoms with Crippen LogP contribution in [0.25, 0.3) is 0 Å². The Bertz CT molecular complexity index is 411. The number of aromatic hydroxyl groups is 1. The molecule has 16 heavy (non-hydrogen) atoms. The van der Waals surface area contributed by atoms with Crippen LogP contribution in [0.1, 0.15) is 21.5 Å². The number of ether oxygens (including phenoxy) is 2. The fourth-order valence-electron chi connectivity index (χ4n) is 1.51. The number of halogens is 1. The van der Waals surface area contributed by atoms with Crippen LogP contribution in [0.4, 0.5) is 0 Å². The number of phenolic OH excluding ortho intramolecular Hbond substituents is 1. The summed E-state index contributed by atoms with van der Waals surface area (Å²) < 4.78 is 10.4. The quantitative estimate of drug-likeness (QED) is 0.850. The first-order chi connectivity index (χ1) is 7.45. The zero-order chi connectivity index (χ0) is 12.5. The van der Waals surface area contributed by atoms with Crippen molar-refractivity contribution in [2.75, 3.05) is 14.2 Å². The van der Waals surface area contributed by atoms with Gasteiger partial charge in [0, 0.05) is 5.56 Å². The monoisotopic (exact) mass is 288 g/mol. The van der Waals surface area contributed by atoms with Crippen molar-refractivity contribution in [3.63, 3.8) is 0 Å². The van der Waals surface area contributed by atoms with Crippen molar-refractivity contribution in [1.82, 2.24) is 0 Å². The average molecular weight is 289 g/mol. The predicted octanol–water partition coefficient (Wildman–Crippen LogP) is 2.57. The van der Waals surface area contributed by atoms with Crippen molar-refractivity contribution in [3.05, 3.63) is 21.2 Å². The van der Waals surface area contributed by atoms with E-state index in [1.807, 2.05) is 0 Å². The Morgan fingerprint density at radius 2 is 1.81 bits per heavy atom. The predicted molar refractivity (Wildman–Crippen MR) is 63.2 cm³/mol. The van der Waals surface area contributed by atoms with Gasteiger partial charge in [0.2, 0.25) is 0 Å². The zero-order valence-electron chi connectivity index (χ0n) is 9.55. The summed E-state index contributed by atoms with van der Waals surface area (Å²) in [5, 5.41) is 9.91.